The van der Waals surface area contributed by atoms with Gasteiger partial charge in [0.05, 0.1) is 12.8 Å². The molecule has 42 valence electrons. The molecule has 0 bridgehead atoms. The van der Waals surface area contributed by atoms with Crippen LogP contribution in [0, 0.1) is 11.3 Å². The van der Waals surface area contributed by atoms with Gasteiger partial charge in [-0.1, -0.05) is 0 Å². The van der Waals surface area contributed by atoms with E-state index in [-0.39, 0.29) is 18.6 Å². The molecule has 0 aliphatic heterocycles. The van der Waals surface area contributed by atoms with Gasteiger partial charge in [-0.15, -0.1) is 0 Å². The Morgan fingerprint density at radius 3 is 2.38 bits per heavy atom. The Hall–Kier alpha value is -0.910. The second-order valence-electron chi connectivity index (χ2n) is 1.97. The average molecular weight is 113 g/mol. The van der Waals surface area contributed by atoms with E-state index in [4.69, 9.17) is 5.26 Å². The van der Waals surface area contributed by atoms with E-state index in [9.17, 15) is 9.18 Å². The highest BCUT2D eigenvalue weighted by Gasteiger charge is 2.44. The van der Waals surface area contributed by atoms with Crippen LogP contribution in [0.5, 0.6) is 0 Å². The van der Waals surface area contributed by atoms with Gasteiger partial charge >= 0.3 is 0 Å². The Labute approximate surface area is 45.9 Å². The first-order chi connectivity index (χ1) is 3.66. The third-order valence-corrected chi connectivity index (χ3v) is 1.16. The van der Waals surface area contributed by atoms with Crippen molar-refractivity contribution in [2.45, 2.75) is 18.5 Å². The van der Waals surface area contributed by atoms with Gasteiger partial charge in [0.1, 0.15) is 11.9 Å². The van der Waals surface area contributed by atoms with Crippen LogP contribution >= 0.6 is 0 Å². The van der Waals surface area contributed by atoms with Gasteiger partial charge in [-0.25, -0.2) is 4.39 Å². The summed E-state index contributed by atoms with van der Waals surface area (Å²) in [7, 11) is 0. The standard InChI is InChI=1S/C5H4FNO/c6-5(3-7)1-4(8)2-5/h1-2H2. The second-order valence-corrected chi connectivity index (χ2v) is 1.97. The maximum atomic E-state index is 12.3. The number of alkyl halides is 1. The quantitative estimate of drug-likeness (QED) is 0.461. The summed E-state index contributed by atoms with van der Waals surface area (Å²) in [6.45, 7) is 0. The zero-order valence-corrected chi connectivity index (χ0v) is 4.15. The zero-order chi connectivity index (χ0) is 6.20. The van der Waals surface area contributed by atoms with Crippen molar-refractivity contribution in [1.82, 2.24) is 0 Å². The molecule has 0 heterocycles. The third-order valence-electron chi connectivity index (χ3n) is 1.16. The molecule has 0 radical (unpaired) electrons. The third kappa shape index (κ3) is 0.583. The van der Waals surface area contributed by atoms with Crippen molar-refractivity contribution in [2.24, 2.45) is 0 Å². The minimum Gasteiger partial charge on any atom is -0.299 e. The highest BCUT2D eigenvalue weighted by atomic mass is 19.1. The van der Waals surface area contributed by atoms with Gasteiger partial charge < -0.3 is 0 Å². The van der Waals surface area contributed by atoms with Crippen molar-refractivity contribution in [3.05, 3.63) is 0 Å². The van der Waals surface area contributed by atoms with Gasteiger partial charge in [0.2, 0.25) is 5.67 Å². The van der Waals surface area contributed by atoms with Crippen LogP contribution in [0.1, 0.15) is 12.8 Å². The average Bonchev–Trinajstić information content (AvgIpc) is 1.63. The minimum atomic E-state index is -1.81. The summed E-state index contributed by atoms with van der Waals surface area (Å²) >= 11 is 0. The van der Waals surface area contributed by atoms with E-state index in [0.717, 1.165) is 0 Å². The fraction of sp³-hybridized carbons (Fsp3) is 0.600. The lowest BCUT2D eigenvalue weighted by Gasteiger charge is -2.23. The summed E-state index contributed by atoms with van der Waals surface area (Å²) in [4.78, 5) is 10.1. The van der Waals surface area contributed by atoms with Crippen molar-refractivity contribution in [3.63, 3.8) is 0 Å². The van der Waals surface area contributed by atoms with Crippen LogP contribution in [0.15, 0.2) is 0 Å². The van der Waals surface area contributed by atoms with Crippen molar-refractivity contribution >= 4 is 5.78 Å². The van der Waals surface area contributed by atoms with Crippen molar-refractivity contribution in [3.8, 4) is 6.07 Å². The second kappa shape index (κ2) is 1.28. The Bertz CT molecular complexity index is 162. The fourth-order valence-corrected chi connectivity index (χ4v) is 0.652. The van der Waals surface area contributed by atoms with E-state index in [1.54, 1.807) is 0 Å². The molecule has 0 aromatic carbocycles. The predicted octanol–water partition coefficient (Wildman–Crippen LogP) is 0.581. The number of halogens is 1. The molecule has 3 heteroatoms. The van der Waals surface area contributed by atoms with Crippen LogP contribution in [0.25, 0.3) is 0 Å². The molecule has 1 fully saturated rings. The van der Waals surface area contributed by atoms with Gasteiger partial charge in [-0.3, -0.25) is 4.79 Å². The lowest BCUT2D eigenvalue weighted by atomic mass is 9.82. The molecule has 0 N–H and O–H groups in total. The van der Waals surface area contributed by atoms with E-state index in [1.807, 2.05) is 0 Å². The highest BCUT2D eigenvalue weighted by molar-refractivity contribution is 5.88. The monoisotopic (exact) mass is 113 g/mol. The largest absolute Gasteiger partial charge is 0.299 e. The normalized spacial score (nSPS) is 23.8. The Morgan fingerprint density at radius 1 is 1.75 bits per heavy atom. The summed E-state index contributed by atoms with van der Waals surface area (Å²) in [5, 5.41) is 7.99. The Morgan fingerprint density at radius 2 is 2.25 bits per heavy atom. The molecule has 0 aromatic rings. The molecule has 1 rings (SSSR count). The van der Waals surface area contributed by atoms with Crippen LogP contribution in [0.3, 0.4) is 0 Å². The van der Waals surface area contributed by atoms with Gasteiger partial charge in [-0.05, 0) is 0 Å². The summed E-state index contributed by atoms with van der Waals surface area (Å²) in [6.07, 6.45) is -0.410. The van der Waals surface area contributed by atoms with E-state index in [0.29, 0.717) is 0 Å². The van der Waals surface area contributed by atoms with Gasteiger partial charge in [-0.2, -0.15) is 5.26 Å². The molecule has 0 amide bonds. The summed E-state index contributed by atoms with van der Waals surface area (Å²) in [5.74, 6) is -0.158. The summed E-state index contributed by atoms with van der Waals surface area (Å²) in [6, 6.07) is 1.42. The molecular formula is C5H4FNO. The number of hydrogen-bond donors (Lipinski definition) is 0. The van der Waals surface area contributed by atoms with E-state index in [2.05, 4.69) is 0 Å². The number of nitrogens with zero attached hydrogens (tertiary/aromatic N) is 1. The minimum absolute atomic E-state index is 0.158. The maximum absolute atomic E-state index is 12.3. The number of carbonyl (C=O) groups excluding carboxylic acids is 1. The first-order valence-corrected chi connectivity index (χ1v) is 2.28. The molecule has 0 saturated heterocycles. The number of Topliss-reactive ketones (excluding diaryl/α,β-unsaturated/α-hetero) is 1. The lowest BCUT2D eigenvalue weighted by Crippen LogP contribution is -2.38. The van der Waals surface area contributed by atoms with Crippen LogP contribution in [-0.4, -0.2) is 11.5 Å². The van der Waals surface area contributed by atoms with Gasteiger partial charge in [0, 0.05) is 0 Å². The molecule has 8 heavy (non-hydrogen) atoms. The van der Waals surface area contributed by atoms with Crippen LogP contribution in [-0.2, 0) is 4.79 Å². The number of rotatable bonds is 0. The first-order valence-electron chi connectivity index (χ1n) is 2.28. The molecule has 1 aliphatic rings. The Balaban J connectivity index is 2.56. The predicted molar refractivity (Wildman–Crippen MR) is 23.7 cm³/mol. The summed E-state index contributed by atoms with van der Waals surface area (Å²) < 4.78 is 12.3. The van der Waals surface area contributed by atoms with E-state index in [1.165, 1.54) is 6.07 Å². The van der Waals surface area contributed by atoms with Gasteiger partial charge in [0.25, 0.3) is 0 Å². The number of nitriles is 1. The maximum Gasteiger partial charge on any atom is 0.209 e. The van der Waals surface area contributed by atoms with Crippen molar-refractivity contribution in [2.75, 3.05) is 0 Å². The molecule has 1 saturated carbocycles. The Kier molecular flexibility index (Phi) is 0.839. The molecule has 0 aromatic heterocycles. The molecule has 0 unspecified atom stereocenters. The van der Waals surface area contributed by atoms with Crippen molar-refractivity contribution in [1.29, 1.82) is 5.26 Å². The molecule has 1 aliphatic carbocycles. The molecule has 2 nitrogen and oxygen atoms in total. The lowest BCUT2D eigenvalue weighted by molar-refractivity contribution is -0.130. The zero-order valence-electron chi connectivity index (χ0n) is 4.15. The topological polar surface area (TPSA) is 40.9 Å². The fourth-order valence-electron chi connectivity index (χ4n) is 0.652. The molecule has 0 spiro atoms. The van der Waals surface area contributed by atoms with Gasteiger partial charge in [0.15, 0.2) is 0 Å². The van der Waals surface area contributed by atoms with Crippen molar-refractivity contribution < 1.29 is 9.18 Å². The molecular weight excluding hydrogens is 109 g/mol. The highest BCUT2D eigenvalue weighted by Crippen LogP contribution is 2.31. The van der Waals surface area contributed by atoms with Crippen LogP contribution in [0.4, 0.5) is 4.39 Å². The SMILES string of the molecule is N#CC1(F)CC(=O)C1. The first kappa shape index (κ1) is 5.23. The molecule has 0 atom stereocenters. The van der Waals surface area contributed by atoms with Crippen LogP contribution in [0.2, 0.25) is 0 Å². The van der Waals surface area contributed by atoms with E-state index < -0.39 is 5.67 Å². The number of hydrogen-bond acceptors (Lipinski definition) is 2. The number of carbonyl (C=O) groups is 1. The van der Waals surface area contributed by atoms with E-state index >= 15 is 0 Å². The summed E-state index contributed by atoms with van der Waals surface area (Å²) in [5.41, 5.74) is -1.81. The smallest absolute Gasteiger partial charge is 0.209 e. The van der Waals surface area contributed by atoms with Crippen LogP contribution < -0.4 is 0 Å². The number of ketones is 1.